The Hall–Kier alpha value is -2.41. The first-order valence-corrected chi connectivity index (χ1v) is 10.4. The van der Waals surface area contributed by atoms with E-state index in [9.17, 15) is 14.4 Å². The van der Waals surface area contributed by atoms with E-state index < -0.39 is 18.0 Å². The first-order chi connectivity index (χ1) is 13.3. The van der Waals surface area contributed by atoms with E-state index in [1.807, 2.05) is 6.07 Å². The van der Waals surface area contributed by atoms with Crippen LogP contribution in [0.15, 0.2) is 6.07 Å². The third-order valence-electron chi connectivity index (χ3n) is 5.01. The minimum atomic E-state index is -0.960. The molecule has 0 saturated heterocycles. The molecule has 0 bridgehead atoms. The Morgan fingerprint density at radius 1 is 1.18 bits per heavy atom. The Morgan fingerprint density at radius 2 is 1.89 bits per heavy atom. The Kier molecular flexibility index (Phi) is 6.03. The van der Waals surface area contributed by atoms with Crippen molar-refractivity contribution >= 4 is 29.1 Å². The highest BCUT2D eigenvalue weighted by molar-refractivity contribution is 7.14. The number of ketones is 1. The lowest BCUT2D eigenvalue weighted by Gasteiger charge is -2.11. The highest BCUT2D eigenvalue weighted by Gasteiger charge is 2.28. The summed E-state index contributed by atoms with van der Waals surface area (Å²) >= 11 is 1.46. The van der Waals surface area contributed by atoms with Crippen molar-refractivity contribution in [3.05, 3.63) is 43.9 Å². The van der Waals surface area contributed by atoms with Gasteiger partial charge in [0.25, 0.3) is 0 Å². The van der Waals surface area contributed by atoms with Gasteiger partial charge in [-0.25, -0.2) is 9.59 Å². The van der Waals surface area contributed by atoms with Crippen LogP contribution in [-0.2, 0) is 22.3 Å². The van der Waals surface area contributed by atoms with Gasteiger partial charge in [-0.2, -0.15) is 0 Å². The third-order valence-corrected chi connectivity index (χ3v) is 6.23. The zero-order valence-corrected chi connectivity index (χ0v) is 17.5. The van der Waals surface area contributed by atoms with Crippen LogP contribution in [0.25, 0.3) is 0 Å². The number of aromatic nitrogens is 1. The van der Waals surface area contributed by atoms with Crippen LogP contribution in [0.5, 0.6) is 0 Å². The minimum absolute atomic E-state index is 0.255. The molecule has 1 atom stereocenters. The SMILES string of the molecule is CCOC(=O)c1c(C)[nH]c(C(=O)[C@@H](C)OC(=O)c2cc3c(s2)CCCC3)c1C. The molecule has 0 aliphatic heterocycles. The second kappa shape index (κ2) is 8.31. The Labute approximate surface area is 168 Å². The predicted molar refractivity (Wildman–Crippen MR) is 106 cm³/mol. The second-order valence-electron chi connectivity index (χ2n) is 7.02. The van der Waals surface area contributed by atoms with Crippen LogP contribution in [0.4, 0.5) is 0 Å². The fraction of sp³-hybridized carbons (Fsp3) is 0.476. The number of ether oxygens (including phenoxy) is 2. The molecule has 0 amide bonds. The first kappa shape index (κ1) is 20.3. The molecule has 0 saturated carbocycles. The van der Waals surface area contributed by atoms with E-state index in [4.69, 9.17) is 9.47 Å². The Bertz CT molecular complexity index is 900. The van der Waals surface area contributed by atoms with Crippen LogP contribution in [0.3, 0.4) is 0 Å². The fourth-order valence-electron chi connectivity index (χ4n) is 3.57. The highest BCUT2D eigenvalue weighted by Crippen LogP contribution is 2.30. The van der Waals surface area contributed by atoms with Gasteiger partial charge < -0.3 is 14.5 Å². The van der Waals surface area contributed by atoms with E-state index in [1.165, 1.54) is 21.8 Å². The molecule has 150 valence electrons. The monoisotopic (exact) mass is 403 g/mol. The molecule has 1 aliphatic carbocycles. The summed E-state index contributed by atoms with van der Waals surface area (Å²) in [6.07, 6.45) is 3.32. The molecular formula is C21H25NO5S. The number of esters is 2. The first-order valence-electron chi connectivity index (χ1n) is 9.56. The molecule has 0 radical (unpaired) electrons. The number of hydrogen-bond acceptors (Lipinski definition) is 6. The Balaban J connectivity index is 1.74. The van der Waals surface area contributed by atoms with Crippen LogP contribution in [0.1, 0.15) is 78.9 Å². The molecule has 2 aromatic heterocycles. The van der Waals surface area contributed by atoms with Gasteiger partial charge in [-0.05, 0) is 70.6 Å². The van der Waals surface area contributed by atoms with Gasteiger partial charge >= 0.3 is 11.9 Å². The number of H-pyrrole nitrogens is 1. The van der Waals surface area contributed by atoms with Crippen LogP contribution in [0.2, 0.25) is 0 Å². The van der Waals surface area contributed by atoms with E-state index in [1.54, 1.807) is 27.7 Å². The molecule has 0 aromatic carbocycles. The number of carbonyl (C=O) groups is 3. The van der Waals surface area contributed by atoms with E-state index in [0.717, 1.165) is 25.7 Å². The summed E-state index contributed by atoms with van der Waals surface area (Å²) in [6.45, 7) is 6.93. The molecule has 7 heteroatoms. The molecule has 3 rings (SSSR count). The smallest absolute Gasteiger partial charge is 0.349 e. The topological polar surface area (TPSA) is 85.5 Å². The molecule has 0 fully saturated rings. The van der Waals surface area contributed by atoms with Gasteiger partial charge in [-0.15, -0.1) is 11.3 Å². The standard InChI is InChI=1S/C21H25NO5S/c1-5-26-21(25)17-11(2)18(22-12(17)3)19(23)13(4)27-20(24)16-10-14-8-6-7-9-15(14)28-16/h10,13,22H,5-9H2,1-4H3/t13-/m1/s1. The number of hydrogen-bond donors (Lipinski definition) is 1. The zero-order chi connectivity index (χ0) is 20.4. The van der Waals surface area contributed by atoms with Gasteiger partial charge in [0.2, 0.25) is 5.78 Å². The number of aryl methyl sites for hydroxylation is 3. The highest BCUT2D eigenvalue weighted by atomic mass is 32.1. The van der Waals surface area contributed by atoms with Crippen molar-refractivity contribution in [1.29, 1.82) is 0 Å². The largest absolute Gasteiger partial charge is 0.462 e. The number of nitrogens with one attached hydrogen (secondary N) is 1. The number of thiophene rings is 1. The van der Waals surface area contributed by atoms with Crippen molar-refractivity contribution in [2.24, 2.45) is 0 Å². The summed E-state index contributed by atoms with van der Waals surface area (Å²) in [7, 11) is 0. The van der Waals surface area contributed by atoms with Crippen LogP contribution < -0.4 is 0 Å². The second-order valence-corrected chi connectivity index (χ2v) is 8.16. The van der Waals surface area contributed by atoms with E-state index in [-0.39, 0.29) is 18.1 Å². The normalized spacial score (nSPS) is 14.3. The lowest BCUT2D eigenvalue weighted by atomic mass is 9.99. The summed E-state index contributed by atoms with van der Waals surface area (Å²) in [5.41, 5.74) is 2.91. The van der Waals surface area contributed by atoms with Crippen molar-refractivity contribution in [3.63, 3.8) is 0 Å². The van der Waals surface area contributed by atoms with Gasteiger partial charge in [0, 0.05) is 10.6 Å². The number of fused-ring (bicyclic) bond motifs is 1. The van der Waals surface area contributed by atoms with Gasteiger partial charge in [0.1, 0.15) is 4.88 Å². The molecule has 1 aliphatic rings. The summed E-state index contributed by atoms with van der Waals surface area (Å²) in [4.78, 5) is 42.2. The third kappa shape index (κ3) is 3.90. The summed E-state index contributed by atoms with van der Waals surface area (Å²) < 4.78 is 10.5. The summed E-state index contributed by atoms with van der Waals surface area (Å²) in [5.74, 6) is -1.32. The molecule has 2 heterocycles. The zero-order valence-electron chi connectivity index (χ0n) is 16.6. The van der Waals surface area contributed by atoms with Crippen molar-refractivity contribution in [2.45, 2.75) is 59.5 Å². The molecule has 0 spiro atoms. The number of carbonyl (C=O) groups excluding carboxylic acids is 3. The van der Waals surface area contributed by atoms with Gasteiger partial charge in [-0.3, -0.25) is 4.79 Å². The lowest BCUT2D eigenvalue weighted by molar-refractivity contribution is 0.0321. The molecular weight excluding hydrogens is 378 g/mol. The molecule has 1 N–H and O–H groups in total. The van der Waals surface area contributed by atoms with E-state index in [2.05, 4.69) is 4.98 Å². The summed E-state index contributed by atoms with van der Waals surface area (Å²) in [5, 5.41) is 0. The average molecular weight is 404 g/mol. The van der Waals surface area contributed by atoms with Crippen molar-refractivity contribution in [3.8, 4) is 0 Å². The van der Waals surface area contributed by atoms with Crippen LogP contribution in [0, 0.1) is 13.8 Å². The molecule has 28 heavy (non-hydrogen) atoms. The number of Topliss-reactive ketones (excluding diaryl/α,β-unsaturated/α-hetero) is 1. The number of aromatic amines is 1. The molecule has 2 aromatic rings. The minimum Gasteiger partial charge on any atom is -0.462 e. The average Bonchev–Trinajstić information content (AvgIpc) is 3.22. The van der Waals surface area contributed by atoms with Crippen molar-refractivity contribution < 1.29 is 23.9 Å². The predicted octanol–water partition coefficient (Wildman–Crippen LogP) is 4.18. The quantitative estimate of drug-likeness (QED) is 0.578. The van der Waals surface area contributed by atoms with E-state index >= 15 is 0 Å². The van der Waals surface area contributed by atoms with Crippen molar-refractivity contribution in [2.75, 3.05) is 6.61 Å². The van der Waals surface area contributed by atoms with Crippen LogP contribution in [-0.4, -0.2) is 35.4 Å². The lowest BCUT2D eigenvalue weighted by Crippen LogP contribution is -2.25. The van der Waals surface area contributed by atoms with Crippen molar-refractivity contribution in [1.82, 2.24) is 4.98 Å². The van der Waals surface area contributed by atoms with Gasteiger partial charge in [0.05, 0.1) is 17.9 Å². The Morgan fingerprint density at radius 3 is 2.57 bits per heavy atom. The van der Waals surface area contributed by atoms with Gasteiger partial charge in [0.15, 0.2) is 6.10 Å². The maximum absolute atomic E-state index is 12.8. The molecule has 0 unspecified atom stereocenters. The number of rotatable bonds is 6. The maximum atomic E-state index is 12.8. The van der Waals surface area contributed by atoms with E-state index in [0.29, 0.717) is 21.7 Å². The van der Waals surface area contributed by atoms with Crippen LogP contribution >= 0.6 is 11.3 Å². The van der Waals surface area contributed by atoms with Gasteiger partial charge in [-0.1, -0.05) is 0 Å². The maximum Gasteiger partial charge on any atom is 0.349 e. The fourth-order valence-corrected chi connectivity index (χ4v) is 4.71. The summed E-state index contributed by atoms with van der Waals surface area (Å²) in [6, 6.07) is 1.89. The molecule has 6 nitrogen and oxygen atoms in total.